The van der Waals surface area contributed by atoms with Crippen LogP contribution in [0.1, 0.15) is 18.4 Å². The van der Waals surface area contributed by atoms with Crippen LogP contribution in [0.3, 0.4) is 0 Å². The minimum atomic E-state index is 0.0794. The molecule has 1 aromatic rings. The molecule has 1 aromatic heterocycles. The number of rotatable bonds is 3. The average Bonchev–Trinajstić information content (AvgIpc) is 2.84. The van der Waals surface area contributed by atoms with E-state index in [0.717, 1.165) is 25.1 Å². The molecule has 2 N–H and O–H groups in total. The van der Waals surface area contributed by atoms with Crippen molar-refractivity contribution < 1.29 is 9.84 Å². The molecule has 4 nitrogen and oxygen atoms in total. The first-order chi connectivity index (χ1) is 8.40. The summed E-state index contributed by atoms with van der Waals surface area (Å²) in [5.74, 6) is 6.44. The zero-order valence-corrected chi connectivity index (χ0v) is 9.65. The van der Waals surface area contributed by atoms with Crippen molar-refractivity contribution >= 4 is 0 Å². The number of aliphatic hydroxyl groups is 1. The van der Waals surface area contributed by atoms with Crippen molar-refractivity contribution in [3.8, 4) is 17.7 Å². The van der Waals surface area contributed by atoms with Crippen LogP contribution in [-0.2, 0) is 0 Å². The summed E-state index contributed by atoms with van der Waals surface area (Å²) in [6.45, 7) is 1.93. The molecule has 1 fully saturated rings. The summed E-state index contributed by atoms with van der Waals surface area (Å²) in [6.07, 6.45) is 3.36. The predicted octanol–water partition coefficient (Wildman–Crippen LogP) is 0.556. The summed E-state index contributed by atoms with van der Waals surface area (Å²) in [5.41, 5.74) is 0.785. The van der Waals surface area contributed by atoms with Crippen LogP contribution in [0.25, 0.3) is 0 Å². The van der Waals surface area contributed by atoms with Crippen molar-refractivity contribution in [3.05, 3.63) is 23.9 Å². The van der Waals surface area contributed by atoms with E-state index in [4.69, 9.17) is 9.84 Å². The zero-order valence-electron chi connectivity index (χ0n) is 9.65. The Labute approximate surface area is 101 Å². The third-order valence-electron chi connectivity index (χ3n) is 2.52. The third kappa shape index (κ3) is 3.45. The van der Waals surface area contributed by atoms with E-state index in [2.05, 4.69) is 22.1 Å². The molecule has 90 valence electrons. The number of ether oxygens (including phenoxy) is 1. The van der Waals surface area contributed by atoms with Gasteiger partial charge < -0.3 is 15.2 Å². The highest BCUT2D eigenvalue weighted by atomic mass is 16.5. The molecule has 1 aliphatic heterocycles. The van der Waals surface area contributed by atoms with Gasteiger partial charge in [-0.25, -0.2) is 4.98 Å². The smallest absolute Gasteiger partial charge is 0.229 e. The highest BCUT2D eigenvalue weighted by Gasteiger charge is 2.17. The number of aromatic nitrogens is 1. The molecule has 0 amide bonds. The number of pyridine rings is 1. The topological polar surface area (TPSA) is 54.4 Å². The molecule has 0 bridgehead atoms. The SMILES string of the molecule is OCCC#Cc1cccnc1OC1CCNC1. The first-order valence-corrected chi connectivity index (χ1v) is 5.82. The molecule has 0 spiro atoms. The van der Waals surface area contributed by atoms with Gasteiger partial charge in [0.2, 0.25) is 5.88 Å². The maximum Gasteiger partial charge on any atom is 0.229 e. The van der Waals surface area contributed by atoms with Crippen LogP contribution in [0.4, 0.5) is 0 Å². The molecule has 0 aromatic carbocycles. The van der Waals surface area contributed by atoms with Crippen LogP contribution in [0.15, 0.2) is 18.3 Å². The third-order valence-corrected chi connectivity index (χ3v) is 2.52. The number of nitrogens with one attached hydrogen (secondary N) is 1. The molecule has 1 aliphatic rings. The molecule has 4 heteroatoms. The van der Waals surface area contributed by atoms with Gasteiger partial charge in [0.05, 0.1) is 12.2 Å². The van der Waals surface area contributed by atoms with Crippen LogP contribution in [0, 0.1) is 11.8 Å². The molecular formula is C13H16N2O2. The second-order valence-electron chi connectivity index (χ2n) is 3.86. The van der Waals surface area contributed by atoms with Gasteiger partial charge in [-0.05, 0) is 25.1 Å². The first kappa shape index (κ1) is 11.9. The van der Waals surface area contributed by atoms with Crippen molar-refractivity contribution in [1.82, 2.24) is 10.3 Å². The molecule has 0 saturated carbocycles. The highest BCUT2D eigenvalue weighted by molar-refractivity contribution is 5.41. The lowest BCUT2D eigenvalue weighted by Crippen LogP contribution is -2.20. The van der Waals surface area contributed by atoms with Crippen molar-refractivity contribution in [2.45, 2.75) is 18.9 Å². The van der Waals surface area contributed by atoms with E-state index in [1.807, 2.05) is 12.1 Å². The van der Waals surface area contributed by atoms with Crippen LogP contribution < -0.4 is 10.1 Å². The molecule has 0 radical (unpaired) electrons. The van der Waals surface area contributed by atoms with Gasteiger partial charge >= 0.3 is 0 Å². The van der Waals surface area contributed by atoms with E-state index in [1.165, 1.54) is 0 Å². The Morgan fingerprint density at radius 3 is 3.29 bits per heavy atom. The van der Waals surface area contributed by atoms with Gasteiger partial charge in [-0.3, -0.25) is 0 Å². The number of aliphatic hydroxyl groups excluding tert-OH is 1. The molecule has 2 heterocycles. The fraction of sp³-hybridized carbons (Fsp3) is 0.462. The van der Waals surface area contributed by atoms with Gasteiger partial charge in [-0.15, -0.1) is 0 Å². The van der Waals surface area contributed by atoms with Crippen molar-refractivity contribution in [1.29, 1.82) is 0 Å². The second-order valence-corrected chi connectivity index (χ2v) is 3.86. The Morgan fingerprint density at radius 2 is 2.53 bits per heavy atom. The monoisotopic (exact) mass is 232 g/mol. The van der Waals surface area contributed by atoms with Crippen LogP contribution in [0.5, 0.6) is 5.88 Å². The Morgan fingerprint density at radius 1 is 1.59 bits per heavy atom. The molecule has 2 rings (SSSR count). The van der Waals surface area contributed by atoms with Crippen molar-refractivity contribution in [3.63, 3.8) is 0 Å². The second kappa shape index (κ2) is 6.24. The number of hydrogen-bond acceptors (Lipinski definition) is 4. The van der Waals surface area contributed by atoms with Crippen LogP contribution in [-0.4, -0.2) is 35.9 Å². The largest absolute Gasteiger partial charge is 0.472 e. The van der Waals surface area contributed by atoms with E-state index in [9.17, 15) is 0 Å². The molecule has 0 aliphatic carbocycles. The van der Waals surface area contributed by atoms with Crippen LogP contribution >= 0.6 is 0 Å². The van der Waals surface area contributed by atoms with Gasteiger partial charge in [-0.2, -0.15) is 0 Å². The fourth-order valence-electron chi connectivity index (χ4n) is 1.68. The molecule has 17 heavy (non-hydrogen) atoms. The van der Waals surface area contributed by atoms with E-state index < -0.39 is 0 Å². The Bertz CT molecular complexity index is 417. The zero-order chi connectivity index (χ0) is 11.9. The van der Waals surface area contributed by atoms with Crippen molar-refractivity contribution in [2.24, 2.45) is 0 Å². The molecular weight excluding hydrogens is 216 g/mol. The summed E-state index contributed by atoms with van der Waals surface area (Å²) < 4.78 is 5.80. The Kier molecular flexibility index (Phi) is 4.37. The van der Waals surface area contributed by atoms with E-state index >= 15 is 0 Å². The van der Waals surface area contributed by atoms with Gasteiger partial charge in [0.25, 0.3) is 0 Å². The Hall–Kier alpha value is -1.57. The minimum absolute atomic E-state index is 0.0794. The minimum Gasteiger partial charge on any atom is -0.472 e. The standard InChI is InChI=1S/C13H16N2O2/c16-9-2-1-4-11-5-3-7-15-13(11)17-12-6-8-14-10-12/h3,5,7,12,14,16H,2,6,8-10H2. The maximum atomic E-state index is 8.69. The molecule has 1 unspecified atom stereocenters. The quantitative estimate of drug-likeness (QED) is 0.748. The summed E-state index contributed by atoms with van der Waals surface area (Å²) in [7, 11) is 0. The Balaban J connectivity index is 2.07. The molecule has 1 saturated heterocycles. The first-order valence-electron chi connectivity index (χ1n) is 5.82. The average molecular weight is 232 g/mol. The van der Waals surface area contributed by atoms with Gasteiger partial charge in [0.1, 0.15) is 6.10 Å². The van der Waals surface area contributed by atoms with Gasteiger partial charge in [0, 0.05) is 19.2 Å². The maximum absolute atomic E-state index is 8.69. The summed E-state index contributed by atoms with van der Waals surface area (Å²) in [4.78, 5) is 4.21. The van der Waals surface area contributed by atoms with E-state index in [0.29, 0.717) is 12.3 Å². The molecule has 1 atom stereocenters. The number of nitrogens with zero attached hydrogens (tertiary/aromatic N) is 1. The summed E-state index contributed by atoms with van der Waals surface area (Å²) >= 11 is 0. The lowest BCUT2D eigenvalue weighted by Gasteiger charge is -2.12. The predicted molar refractivity (Wildman–Crippen MR) is 64.7 cm³/mol. The lowest BCUT2D eigenvalue weighted by molar-refractivity contribution is 0.213. The summed E-state index contributed by atoms with van der Waals surface area (Å²) in [6, 6.07) is 3.72. The van der Waals surface area contributed by atoms with E-state index in [1.54, 1.807) is 6.20 Å². The van der Waals surface area contributed by atoms with Gasteiger partial charge in [0.15, 0.2) is 0 Å². The normalized spacial score (nSPS) is 18.5. The summed E-state index contributed by atoms with van der Waals surface area (Å²) in [5, 5.41) is 11.9. The van der Waals surface area contributed by atoms with Gasteiger partial charge in [-0.1, -0.05) is 11.8 Å². The number of hydrogen-bond donors (Lipinski definition) is 2. The lowest BCUT2D eigenvalue weighted by atomic mass is 10.2. The van der Waals surface area contributed by atoms with Crippen molar-refractivity contribution in [2.75, 3.05) is 19.7 Å². The fourth-order valence-corrected chi connectivity index (χ4v) is 1.68. The van der Waals surface area contributed by atoms with Crippen LogP contribution in [0.2, 0.25) is 0 Å². The highest BCUT2D eigenvalue weighted by Crippen LogP contribution is 2.16. The van der Waals surface area contributed by atoms with E-state index in [-0.39, 0.29) is 12.7 Å².